The highest BCUT2D eigenvalue weighted by molar-refractivity contribution is 5.82. The van der Waals surface area contributed by atoms with Crippen LogP contribution in [0.5, 0.6) is 0 Å². The van der Waals surface area contributed by atoms with E-state index in [0.717, 1.165) is 22.6 Å². The molecule has 3 heterocycles. The van der Waals surface area contributed by atoms with Crippen LogP contribution in [0.25, 0.3) is 11.0 Å². The van der Waals surface area contributed by atoms with Gasteiger partial charge in [-0.2, -0.15) is 0 Å². The summed E-state index contributed by atoms with van der Waals surface area (Å²) in [5.74, 6) is 1.57. The van der Waals surface area contributed by atoms with Gasteiger partial charge in [-0.3, -0.25) is 4.79 Å². The van der Waals surface area contributed by atoms with Crippen LogP contribution in [0.2, 0.25) is 0 Å². The number of rotatable bonds is 7. The molecule has 1 fully saturated rings. The lowest BCUT2D eigenvalue weighted by molar-refractivity contribution is -0.123. The number of para-hydroxylation sites is 2. The van der Waals surface area contributed by atoms with Gasteiger partial charge in [-0.15, -0.1) is 0 Å². The molecule has 3 N–H and O–H groups in total. The molecule has 27 heavy (non-hydrogen) atoms. The third-order valence-corrected chi connectivity index (χ3v) is 4.78. The maximum atomic E-state index is 12.6. The third-order valence-electron chi connectivity index (χ3n) is 4.78. The summed E-state index contributed by atoms with van der Waals surface area (Å²) in [6, 6.07) is 11.4. The fourth-order valence-corrected chi connectivity index (χ4v) is 3.39. The van der Waals surface area contributed by atoms with Crippen molar-refractivity contribution in [3.05, 3.63) is 54.2 Å². The lowest BCUT2D eigenvalue weighted by Crippen LogP contribution is -2.43. The molecule has 4 rings (SSSR count). The van der Waals surface area contributed by atoms with E-state index in [9.17, 15) is 4.79 Å². The zero-order chi connectivity index (χ0) is 18.6. The van der Waals surface area contributed by atoms with Gasteiger partial charge in [0, 0.05) is 13.7 Å². The van der Waals surface area contributed by atoms with Crippen LogP contribution in [0.3, 0.4) is 0 Å². The fourth-order valence-electron chi connectivity index (χ4n) is 3.39. The fraction of sp³-hybridized carbons (Fsp3) is 0.368. The Morgan fingerprint density at radius 2 is 2.22 bits per heavy atom. The lowest BCUT2D eigenvalue weighted by Gasteiger charge is -2.12. The second-order valence-electron chi connectivity index (χ2n) is 6.52. The van der Waals surface area contributed by atoms with Gasteiger partial charge in [-0.1, -0.05) is 12.1 Å². The summed E-state index contributed by atoms with van der Waals surface area (Å²) in [5, 5.41) is 2.99. The Morgan fingerprint density at radius 1 is 1.33 bits per heavy atom. The average Bonchev–Trinajstić information content (AvgIpc) is 3.43. The van der Waals surface area contributed by atoms with Crippen molar-refractivity contribution >= 4 is 16.9 Å². The van der Waals surface area contributed by atoms with Crippen LogP contribution >= 0.6 is 0 Å². The number of fused-ring (bicyclic) bond motifs is 1. The minimum absolute atomic E-state index is 0.0120. The Kier molecular flexibility index (Phi) is 5.19. The molecule has 1 aliphatic heterocycles. The molecule has 2 unspecified atom stereocenters. The van der Waals surface area contributed by atoms with Crippen molar-refractivity contribution in [2.75, 3.05) is 13.7 Å². The van der Waals surface area contributed by atoms with Crippen LogP contribution in [0, 0.1) is 0 Å². The molecule has 1 amide bonds. The first-order chi connectivity index (χ1) is 13.3. The third kappa shape index (κ3) is 3.73. The normalized spacial score (nSPS) is 19.6. The summed E-state index contributed by atoms with van der Waals surface area (Å²) in [6.07, 6.45) is 2.26. The Morgan fingerprint density at radius 3 is 3.04 bits per heavy atom. The number of methoxy groups -OCH3 is 1. The number of aromatic nitrogens is 2. The molecule has 0 radical (unpaired) electrons. The predicted octanol–water partition coefficient (Wildman–Crippen LogP) is 1.50. The molecule has 0 spiro atoms. The molecule has 2 atom stereocenters. The number of hydrogen-bond donors (Lipinski definition) is 3. The van der Waals surface area contributed by atoms with Crippen molar-refractivity contribution in [3.63, 3.8) is 0 Å². The summed E-state index contributed by atoms with van der Waals surface area (Å²) in [4.78, 5) is 17.2. The summed E-state index contributed by atoms with van der Waals surface area (Å²) >= 11 is 0. The molecule has 1 aromatic carbocycles. The van der Waals surface area contributed by atoms with Gasteiger partial charge >= 0.3 is 0 Å². The molecule has 0 aliphatic carbocycles. The number of hydrazine groups is 1. The van der Waals surface area contributed by atoms with E-state index in [0.29, 0.717) is 26.1 Å². The van der Waals surface area contributed by atoms with E-state index in [1.165, 1.54) is 0 Å². The number of carbonyl (C=O) groups is 1. The smallest absolute Gasteiger partial charge is 0.238 e. The minimum atomic E-state index is -0.322. The Bertz CT molecular complexity index is 905. The summed E-state index contributed by atoms with van der Waals surface area (Å²) in [7, 11) is 1.68. The van der Waals surface area contributed by atoms with E-state index < -0.39 is 0 Å². The molecule has 0 saturated carbocycles. The number of imidazole rings is 1. The molecule has 142 valence electrons. The number of hydrogen-bond acceptors (Lipinski definition) is 6. The highest BCUT2D eigenvalue weighted by atomic mass is 16.5. The first-order valence-corrected chi connectivity index (χ1v) is 9.01. The second kappa shape index (κ2) is 7.91. The molecule has 1 saturated heterocycles. The molecule has 8 heteroatoms. The van der Waals surface area contributed by atoms with Crippen molar-refractivity contribution < 1.29 is 13.9 Å². The number of amides is 1. The van der Waals surface area contributed by atoms with Crippen LogP contribution in [-0.2, 0) is 22.6 Å². The summed E-state index contributed by atoms with van der Waals surface area (Å²) in [6.45, 7) is 1.63. The molecule has 8 nitrogen and oxygen atoms in total. The number of nitrogens with one attached hydrogen (secondary N) is 3. The van der Waals surface area contributed by atoms with Crippen molar-refractivity contribution in [2.45, 2.75) is 31.6 Å². The van der Waals surface area contributed by atoms with Crippen LogP contribution in [0.1, 0.15) is 24.0 Å². The average molecular weight is 369 g/mol. The number of nitrogens with zero attached hydrogens (tertiary/aromatic N) is 2. The topological polar surface area (TPSA) is 93.3 Å². The molecule has 2 aromatic heterocycles. The number of carbonyl (C=O) groups excluding carboxylic acids is 1. The van der Waals surface area contributed by atoms with Crippen molar-refractivity contribution in [1.29, 1.82) is 0 Å². The Labute approximate surface area is 156 Å². The molecular formula is C19H23N5O3. The highest BCUT2D eigenvalue weighted by Gasteiger charge is 2.31. The maximum absolute atomic E-state index is 12.6. The van der Waals surface area contributed by atoms with Crippen LogP contribution in [-0.4, -0.2) is 35.2 Å². The zero-order valence-corrected chi connectivity index (χ0v) is 15.1. The van der Waals surface area contributed by atoms with E-state index in [2.05, 4.69) is 25.7 Å². The Hall–Kier alpha value is -2.68. The number of ether oxygens (including phenoxy) is 1. The van der Waals surface area contributed by atoms with E-state index in [1.807, 2.05) is 36.4 Å². The van der Waals surface area contributed by atoms with Gasteiger partial charge < -0.3 is 19.0 Å². The van der Waals surface area contributed by atoms with Gasteiger partial charge in [0.25, 0.3) is 0 Å². The minimum Gasteiger partial charge on any atom is -0.468 e. The molecule has 1 aliphatic rings. The quantitative estimate of drug-likeness (QED) is 0.584. The van der Waals surface area contributed by atoms with Gasteiger partial charge in [0.2, 0.25) is 5.91 Å². The van der Waals surface area contributed by atoms with Gasteiger partial charge in [0.05, 0.1) is 36.5 Å². The molecular weight excluding hydrogens is 346 g/mol. The van der Waals surface area contributed by atoms with E-state index in [-0.39, 0.29) is 18.0 Å². The van der Waals surface area contributed by atoms with Crippen LogP contribution in [0.4, 0.5) is 0 Å². The van der Waals surface area contributed by atoms with Crippen molar-refractivity contribution in [1.82, 2.24) is 25.7 Å². The van der Waals surface area contributed by atoms with Crippen LogP contribution in [0.15, 0.2) is 47.1 Å². The monoisotopic (exact) mass is 369 g/mol. The van der Waals surface area contributed by atoms with E-state index >= 15 is 0 Å². The molecule has 3 aromatic rings. The van der Waals surface area contributed by atoms with E-state index in [4.69, 9.17) is 9.15 Å². The van der Waals surface area contributed by atoms with Crippen LogP contribution < -0.4 is 16.2 Å². The van der Waals surface area contributed by atoms with Crippen molar-refractivity contribution in [3.8, 4) is 0 Å². The van der Waals surface area contributed by atoms with Gasteiger partial charge in [0.15, 0.2) is 0 Å². The van der Waals surface area contributed by atoms with Crippen molar-refractivity contribution in [2.24, 2.45) is 0 Å². The highest BCUT2D eigenvalue weighted by Crippen LogP contribution is 2.22. The first kappa shape index (κ1) is 17.7. The second-order valence-corrected chi connectivity index (χ2v) is 6.52. The van der Waals surface area contributed by atoms with Gasteiger partial charge in [-0.05, 0) is 30.7 Å². The SMILES string of the molecule is COCCn1c(CNC(=O)C2CC(c3ccco3)NN2)nc2ccccc21. The summed E-state index contributed by atoms with van der Waals surface area (Å²) in [5.41, 5.74) is 8.10. The largest absolute Gasteiger partial charge is 0.468 e. The van der Waals surface area contributed by atoms with E-state index in [1.54, 1.807) is 13.4 Å². The standard InChI is InChI=1S/C19H23N5O3/c1-26-10-8-24-16-6-3-2-5-13(16)21-18(24)12-20-19(25)15-11-14(22-23-15)17-7-4-9-27-17/h2-7,9,14-15,22-23H,8,10-12H2,1H3,(H,20,25). The first-order valence-electron chi connectivity index (χ1n) is 9.01. The lowest BCUT2D eigenvalue weighted by atomic mass is 10.1. The molecule has 0 bridgehead atoms. The maximum Gasteiger partial charge on any atom is 0.238 e. The summed E-state index contributed by atoms with van der Waals surface area (Å²) < 4.78 is 12.7. The van der Waals surface area contributed by atoms with Gasteiger partial charge in [0.1, 0.15) is 17.6 Å². The predicted molar refractivity (Wildman–Crippen MR) is 99.6 cm³/mol. The number of furan rings is 1. The van der Waals surface area contributed by atoms with Gasteiger partial charge in [-0.25, -0.2) is 15.8 Å². The zero-order valence-electron chi connectivity index (χ0n) is 15.1. The number of benzene rings is 1. The Balaban J connectivity index is 1.41.